The Morgan fingerprint density at radius 3 is 2.62 bits per heavy atom. The van der Waals surface area contributed by atoms with Crippen molar-refractivity contribution in [2.75, 3.05) is 6.26 Å². The molecule has 82 valence electrons. The van der Waals surface area contributed by atoms with Crippen LogP contribution in [-0.2, 0) is 4.79 Å². The van der Waals surface area contributed by atoms with E-state index in [9.17, 15) is 4.79 Å². The number of carbonyl (C=O) groups excluding carboxylic acids is 1. The second kappa shape index (κ2) is 5.08. The molecule has 16 heavy (non-hydrogen) atoms. The van der Waals surface area contributed by atoms with E-state index in [2.05, 4.69) is 4.99 Å². The van der Waals surface area contributed by atoms with Crippen LogP contribution in [0, 0.1) is 0 Å². The van der Waals surface area contributed by atoms with Gasteiger partial charge < -0.3 is 0 Å². The maximum absolute atomic E-state index is 11.5. The Balaban J connectivity index is 2.21. The zero-order valence-corrected chi connectivity index (χ0v) is 10.8. The minimum atomic E-state index is -0.163. The Morgan fingerprint density at radius 2 is 2.06 bits per heavy atom. The van der Waals surface area contributed by atoms with Gasteiger partial charge in [0.25, 0.3) is 5.91 Å². The number of hydrogen-bond acceptors (Lipinski definition) is 3. The third kappa shape index (κ3) is 2.70. The van der Waals surface area contributed by atoms with E-state index in [-0.39, 0.29) is 5.91 Å². The van der Waals surface area contributed by atoms with E-state index in [0.29, 0.717) is 9.93 Å². The molecule has 0 spiro atoms. The summed E-state index contributed by atoms with van der Waals surface area (Å²) in [6, 6.07) is 7.35. The number of thioether (sulfide) groups is 2. The van der Waals surface area contributed by atoms with Crippen LogP contribution in [0.4, 0.5) is 0 Å². The molecule has 0 N–H and O–H groups in total. The molecule has 1 aromatic rings. The molecule has 0 fully saturated rings. The maximum atomic E-state index is 11.5. The average molecular weight is 270 g/mol. The molecule has 0 saturated heterocycles. The van der Waals surface area contributed by atoms with Crippen LogP contribution >= 0.6 is 35.1 Å². The Kier molecular flexibility index (Phi) is 3.74. The molecule has 0 bridgehead atoms. The smallest absolute Gasteiger partial charge is 0.266 e. The number of nitrogens with zero attached hydrogens (tertiary/aromatic N) is 1. The molecular formula is C11H8ClNOS2. The van der Waals surface area contributed by atoms with Crippen molar-refractivity contribution in [3.63, 3.8) is 0 Å². The van der Waals surface area contributed by atoms with Gasteiger partial charge in [0.15, 0.2) is 0 Å². The first-order chi connectivity index (χ1) is 7.69. The second-order valence-electron chi connectivity index (χ2n) is 3.05. The van der Waals surface area contributed by atoms with Crippen LogP contribution in [0.5, 0.6) is 0 Å². The summed E-state index contributed by atoms with van der Waals surface area (Å²) in [5.74, 6) is -0.163. The Hall–Kier alpha value is -0.710. The van der Waals surface area contributed by atoms with E-state index in [1.807, 2.05) is 24.5 Å². The molecule has 1 aliphatic rings. The van der Waals surface area contributed by atoms with Gasteiger partial charge in [-0.15, -0.1) is 11.8 Å². The lowest BCUT2D eigenvalue weighted by Gasteiger charge is -1.96. The zero-order valence-electron chi connectivity index (χ0n) is 8.44. The fraction of sp³-hybridized carbons (Fsp3) is 0.0909. The van der Waals surface area contributed by atoms with Gasteiger partial charge >= 0.3 is 0 Å². The van der Waals surface area contributed by atoms with Crippen molar-refractivity contribution in [3.8, 4) is 0 Å². The van der Waals surface area contributed by atoms with Crippen LogP contribution in [-0.4, -0.2) is 16.5 Å². The fourth-order valence-electron chi connectivity index (χ4n) is 1.19. The van der Waals surface area contributed by atoms with Gasteiger partial charge in [0.1, 0.15) is 4.38 Å². The molecule has 0 atom stereocenters. The monoisotopic (exact) mass is 269 g/mol. The summed E-state index contributed by atoms with van der Waals surface area (Å²) in [6.45, 7) is 0. The molecule has 0 aromatic heterocycles. The summed E-state index contributed by atoms with van der Waals surface area (Å²) < 4.78 is 0.796. The van der Waals surface area contributed by atoms with Crippen LogP contribution < -0.4 is 0 Å². The van der Waals surface area contributed by atoms with Gasteiger partial charge in [0.2, 0.25) is 0 Å². The largest absolute Gasteiger partial charge is 0.285 e. The van der Waals surface area contributed by atoms with Crippen LogP contribution in [0.3, 0.4) is 0 Å². The molecular weight excluding hydrogens is 262 g/mol. The number of benzene rings is 1. The van der Waals surface area contributed by atoms with Gasteiger partial charge in [-0.3, -0.25) is 4.79 Å². The molecule has 1 heterocycles. The molecule has 1 amide bonds. The number of amides is 1. The summed E-state index contributed by atoms with van der Waals surface area (Å²) in [4.78, 5) is 16.1. The Labute approximate surface area is 107 Å². The number of carbonyl (C=O) groups is 1. The molecule has 0 saturated carbocycles. The number of rotatable bonds is 1. The van der Waals surface area contributed by atoms with Gasteiger partial charge in [-0.25, -0.2) is 0 Å². The van der Waals surface area contributed by atoms with Gasteiger partial charge in [0, 0.05) is 5.02 Å². The van der Waals surface area contributed by atoms with E-state index in [1.54, 1.807) is 12.1 Å². The minimum Gasteiger partial charge on any atom is -0.266 e. The Bertz CT molecular complexity index is 479. The molecule has 0 aliphatic carbocycles. The first-order valence-electron chi connectivity index (χ1n) is 4.51. The fourth-order valence-corrected chi connectivity index (χ4v) is 2.73. The lowest BCUT2D eigenvalue weighted by Crippen LogP contribution is -1.87. The van der Waals surface area contributed by atoms with E-state index >= 15 is 0 Å². The predicted octanol–water partition coefficient (Wildman–Crippen LogP) is 3.67. The lowest BCUT2D eigenvalue weighted by molar-refractivity contribution is -0.113. The van der Waals surface area contributed by atoms with Crippen molar-refractivity contribution >= 4 is 51.5 Å². The highest BCUT2D eigenvalue weighted by Crippen LogP contribution is 2.32. The number of hydrogen-bond donors (Lipinski definition) is 0. The summed E-state index contributed by atoms with van der Waals surface area (Å²) in [5.41, 5.74) is 0.956. The highest BCUT2D eigenvalue weighted by molar-refractivity contribution is 8.40. The van der Waals surface area contributed by atoms with Gasteiger partial charge in [0.05, 0.1) is 4.91 Å². The van der Waals surface area contributed by atoms with Crippen LogP contribution in [0.2, 0.25) is 5.02 Å². The van der Waals surface area contributed by atoms with E-state index in [0.717, 1.165) is 9.94 Å². The average Bonchev–Trinajstić information content (AvgIpc) is 2.63. The predicted molar refractivity (Wildman–Crippen MR) is 73.0 cm³/mol. The van der Waals surface area contributed by atoms with E-state index < -0.39 is 0 Å². The Morgan fingerprint density at radius 1 is 1.38 bits per heavy atom. The molecule has 1 aliphatic heterocycles. The minimum absolute atomic E-state index is 0.163. The highest BCUT2D eigenvalue weighted by atomic mass is 35.5. The van der Waals surface area contributed by atoms with Gasteiger partial charge in [-0.1, -0.05) is 35.5 Å². The van der Waals surface area contributed by atoms with Crippen molar-refractivity contribution in [2.24, 2.45) is 4.99 Å². The quantitative estimate of drug-likeness (QED) is 0.729. The van der Waals surface area contributed by atoms with E-state index in [4.69, 9.17) is 11.6 Å². The first-order valence-corrected chi connectivity index (χ1v) is 6.93. The summed E-state index contributed by atoms with van der Waals surface area (Å²) in [7, 11) is 0. The van der Waals surface area contributed by atoms with Crippen LogP contribution in [0.25, 0.3) is 6.08 Å². The van der Waals surface area contributed by atoms with Crippen LogP contribution in [0.15, 0.2) is 34.2 Å². The highest BCUT2D eigenvalue weighted by Gasteiger charge is 2.20. The summed E-state index contributed by atoms with van der Waals surface area (Å²) in [6.07, 6.45) is 3.74. The third-order valence-corrected chi connectivity index (χ3v) is 4.16. The molecule has 0 unspecified atom stereocenters. The van der Waals surface area contributed by atoms with Crippen LogP contribution in [0.1, 0.15) is 5.56 Å². The first kappa shape index (κ1) is 11.8. The normalized spacial score (nSPS) is 18.0. The molecule has 5 heteroatoms. The van der Waals surface area contributed by atoms with E-state index in [1.165, 1.54) is 23.5 Å². The molecule has 0 radical (unpaired) electrons. The maximum Gasteiger partial charge on any atom is 0.285 e. The van der Waals surface area contributed by atoms with Crippen molar-refractivity contribution in [1.82, 2.24) is 0 Å². The summed E-state index contributed by atoms with van der Waals surface area (Å²) in [5, 5.41) is 0.689. The number of halogens is 1. The zero-order chi connectivity index (χ0) is 11.5. The third-order valence-electron chi connectivity index (χ3n) is 1.94. The van der Waals surface area contributed by atoms with Crippen molar-refractivity contribution in [2.45, 2.75) is 0 Å². The lowest BCUT2D eigenvalue weighted by atomic mass is 10.2. The van der Waals surface area contributed by atoms with Crippen molar-refractivity contribution < 1.29 is 4.79 Å². The number of aliphatic imine (C=N–C) groups is 1. The summed E-state index contributed by atoms with van der Waals surface area (Å²) >= 11 is 8.68. The molecule has 1 aromatic carbocycles. The second-order valence-corrected chi connectivity index (χ2v) is 5.57. The molecule has 2 nitrogen and oxygen atoms in total. The molecule has 2 rings (SSSR count). The van der Waals surface area contributed by atoms with Gasteiger partial charge in [-0.05, 0) is 30.0 Å². The SMILES string of the molecule is CSC1=NC(=O)C(=Cc2ccc(Cl)cc2)S1. The van der Waals surface area contributed by atoms with Gasteiger partial charge in [-0.2, -0.15) is 4.99 Å². The van der Waals surface area contributed by atoms with Crippen molar-refractivity contribution in [3.05, 3.63) is 39.8 Å². The topological polar surface area (TPSA) is 29.4 Å². The standard InChI is InChI=1S/C11H8ClNOS2/c1-15-11-13-10(14)9(16-11)6-7-2-4-8(12)5-3-7/h2-6H,1H3. The van der Waals surface area contributed by atoms with Crippen molar-refractivity contribution in [1.29, 1.82) is 0 Å².